The maximum absolute atomic E-state index is 12.7. The number of hydrogen-bond donors (Lipinski definition) is 1. The smallest absolute Gasteiger partial charge is 0.132 e. The molecule has 0 aromatic carbocycles. The van der Waals surface area contributed by atoms with Crippen LogP contribution in [-0.4, -0.2) is 11.5 Å². The Balaban J connectivity index is 2.58. The van der Waals surface area contributed by atoms with Crippen LogP contribution in [0.3, 0.4) is 0 Å². The number of rotatable bonds is 4. The van der Waals surface area contributed by atoms with Gasteiger partial charge in [-0.05, 0) is 18.6 Å². The van der Waals surface area contributed by atoms with E-state index in [0.29, 0.717) is 11.7 Å². The van der Waals surface area contributed by atoms with Gasteiger partial charge in [0.1, 0.15) is 5.15 Å². The average Bonchev–Trinajstić information content (AvgIpc) is 2.19. The van der Waals surface area contributed by atoms with Gasteiger partial charge in [-0.1, -0.05) is 25.1 Å². The zero-order valence-electron chi connectivity index (χ0n) is 8.85. The Bertz CT molecular complexity index is 366. The molecule has 82 valence electrons. The van der Waals surface area contributed by atoms with Crippen molar-refractivity contribution in [2.24, 2.45) is 5.92 Å². The van der Waals surface area contributed by atoms with Crippen molar-refractivity contribution in [2.45, 2.75) is 13.8 Å². The summed E-state index contributed by atoms with van der Waals surface area (Å²) in [7, 11) is 0. The van der Waals surface area contributed by atoms with E-state index in [1.807, 2.05) is 13.0 Å². The van der Waals surface area contributed by atoms with E-state index >= 15 is 0 Å². The molecule has 0 amide bonds. The first-order chi connectivity index (χ1) is 7.00. The van der Waals surface area contributed by atoms with Crippen LogP contribution in [0, 0.1) is 12.8 Å². The molecule has 0 fully saturated rings. The largest absolute Gasteiger partial charge is 0.383 e. The fraction of sp³-hybridized carbons (Fsp3) is 0.364. The number of aromatic nitrogens is 1. The second kappa shape index (κ2) is 5.12. The molecule has 4 heteroatoms. The number of anilines is 1. The standard InChI is InChI=1S/C11H14ClFN2/c1-7-4-10(6-15-11(7)12)14-5-8(2)9(3)13/h4,6,8,14H,3,5H2,1-2H3/t8-/m0/s1. The van der Waals surface area contributed by atoms with Gasteiger partial charge in [-0.2, -0.15) is 0 Å². The van der Waals surface area contributed by atoms with Crippen LogP contribution < -0.4 is 5.32 Å². The van der Waals surface area contributed by atoms with Crippen molar-refractivity contribution in [2.75, 3.05) is 11.9 Å². The van der Waals surface area contributed by atoms with Gasteiger partial charge in [0.05, 0.1) is 17.7 Å². The first-order valence-corrected chi connectivity index (χ1v) is 5.09. The van der Waals surface area contributed by atoms with Crippen LogP contribution in [0.2, 0.25) is 5.15 Å². The van der Waals surface area contributed by atoms with E-state index in [2.05, 4.69) is 16.9 Å². The van der Waals surface area contributed by atoms with Crippen LogP contribution in [0.15, 0.2) is 24.7 Å². The lowest BCUT2D eigenvalue weighted by molar-refractivity contribution is 0.511. The molecule has 0 spiro atoms. The molecule has 0 aliphatic heterocycles. The topological polar surface area (TPSA) is 24.9 Å². The van der Waals surface area contributed by atoms with Crippen molar-refractivity contribution >= 4 is 17.3 Å². The normalized spacial score (nSPS) is 12.3. The number of nitrogens with zero attached hydrogens (tertiary/aromatic N) is 1. The van der Waals surface area contributed by atoms with Crippen molar-refractivity contribution in [1.82, 2.24) is 4.98 Å². The monoisotopic (exact) mass is 228 g/mol. The molecule has 0 unspecified atom stereocenters. The first kappa shape index (κ1) is 12.0. The van der Waals surface area contributed by atoms with Crippen molar-refractivity contribution in [3.63, 3.8) is 0 Å². The fourth-order valence-electron chi connectivity index (χ4n) is 1.04. The highest BCUT2D eigenvalue weighted by Gasteiger charge is 2.06. The molecule has 1 atom stereocenters. The summed E-state index contributed by atoms with van der Waals surface area (Å²) in [6.07, 6.45) is 1.63. The third-order valence-electron chi connectivity index (χ3n) is 2.16. The molecule has 1 rings (SSSR count). The van der Waals surface area contributed by atoms with Gasteiger partial charge in [-0.25, -0.2) is 9.37 Å². The molecule has 0 saturated carbocycles. The van der Waals surface area contributed by atoms with Gasteiger partial charge in [0.15, 0.2) is 0 Å². The van der Waals surface area contributed by atoms with E-state index in [1.165, 1.54) is 0 Å². The molecule has 0 bridgehead atoms. The summed E-state index contributed by atoms with van der Waals surface area (Å²) in [6.45, 7) is 7.40. The number of halogens is 2. The van der Waals surface area contributed by atoms with E-state index in [4.69, 9.17) is 11.6 Å². The predicted octanol–water partition coefficient (Wildman–Crippen LogP) is 3.57. The minimum absolute atomic E-state index is 0.207. The number of pyridine rings is 1. The lowest BCUT2D eigenvalue weighted by atomic mass is 10.1. The van der Waals surface area contributed by atoms with Gasteiger partial charge in [0.2, 0.25) is 0 Å². The molecule has 1 heterocycles. The van der Waals surface area contributed by atoms with Gasteiger partial charge < -0.3 is 5.32 Å². The minimum atomic E-state index is -0.318. The van der Waals surface area contributed by atoms with E-state index in [0.717, 1.165) is 11.3 Å². The summed E-state index contributed by atoms with van der Waals surface area (Å²) in [5, 5.41) is 3.56. The van der Waals surface area contributed by atoms with E-state index < -0.39 is 0 Å². The first-order valence-electron chi connectivity index (χ1n) is 4.71. The Labute approximate surface area is 94.2 Å². The molecule has 0 radical (unpaired) electrons. The van der Waals surface area contributed by atoms with Crippen molar-refractivity contribution in [3.8, 4) is 0 Å². The van der Waals surface area contributed by atoms with Crippen LogP contribution in [0.4, 0.5) is 10.1 Å². The molecule has 1 aromatic heterocycles. The van der Waals surface area contributed by atoms with Crippen molar-refractivity contribution in [3.05, 3.63) is 35.4 Å². The maximum atomic E-state index is 12.7. The van der Waals surface area contributed by atoms with E-state index in [1.54, 1.807) is 13.1 Å². The summed E-state index contributed by atoms with van der Waals surface area (Å²) in [5.74, 6) is -0.526. The molecule has 2 nitrogen and oxygen atoms in total. The van der Waals surface area contributed by atoms with Crippen LogP contribution in [-0.2, 0) is 0 Å². The van der Waals surface area contributed by atoms with Crippen LogP contribution in [0.5, 0.6) is 0 Å². The molecule has 1 N–H and O–H groups in total. The number of hydrogen-bond acceptors (Lipinski definition) is 2. The third kappa shape index (κ3) is 3.51. The molecule has 15 heavy (non-hydrogen) atoms. The highest BCUT2D eigenvalue weighted by Crippen LogP contribution is 2.17. The average molecular weight is 229 g/mol. The van der Waals surface area contributed by atoms with Crippen LogP contribution in [0.1, 0.15) is 12.5 Å². The summed E-state index contributed by atoms with van der Waals surface area (Å²) in [6, 6.07) is 1.88. The Morgan fingerprint density at radius 3 is 2.93 bits per heavy atom. The van der Waals surface area contributed by atoms with Gasteiger partial charge >= 0.3 is 0 Å². The number of nitrogens with one attached hydrogen (secondary N) is 1. The molecular weight excluding hydrogens is 215 g/mol. The Hall–Kier alpha value is -1.09. The molecule has 0 aliphatic carbocycles. The molecule has 0 saturated heterocycles. The Morgan fingerprint density at radius 1 is 1.73 bits per heavy atom. The quantitative estimate of drug-likeness (QED) is 0.797. The van der Waals surface area contributed by atoms with Crippen LogP contribution >= 0.6 is 11.6 Å². The van der Waals surface area contributed by atoms with E-state index in [-0.39, 0.29) is 11.7 Å². The zero-order chi connectivity index (χ0) is 11.4. The predicted molar refractivity (Wildman–Crippen MR) is 61.9 cm³/mol. The zero-order valence-corrected chi connectivity index (χ0v) is 9.61. The van der Waals surface area contributed by atoms with Gasteiger partial charge in [0.25, 0.3) is 0 Å². The highest BCUT2D eigenvalue weighted by molar-refractivity contribution is 6.30. The Kier molecular flexibility index (Phi) is 4.09. The second-order valence-corrected chi connectivity index (χ2v) is 3.92. The van der Waals surface area contributed by atoms with Crippen LogP contribution in [0.25, 0.3) is 0 Å². The van der Waals surface area contributed by atoms with Gasteiger partial charge in [0, 0.05) is 12.5 Å². The lowest BCUT2D eigenvalue weighted by Crippen LogP contribution is -2.11. The third-order valence-corrected chi connectivity index (χ3v) is 2.56. The second-order valence-electron chi connectivity index (χ2n) is 3.56. The highest BCUT2D eigenvalue weighted by atomic mass is 35.5. The van der Waals surface area contributed by atoms with Crippen molar-refractivity contribution in [1.29, 1.82) is 0 Å². The minimum Gasteiger partial charge on any atom is -0.383 e. The molecule has 0 aliphatic rings. The molecular formula is C11H14ClFN2. The fourth-order valence-corrected chi connectivity index (χ4v) is 1.14. The van der Waals surface area contributed by atoms with Gasteiger partial charge in [-0.15, -0.1) is 0 Å². The number of aryl methyl sites for hydroxylation is 1. The lowest BCUT2D eigenvalue weighted by Gasteiger charge is -2.11. The van der Waals surface area contributed by atoms with E-state index in [9.17, 15) is 4.39 Å². The summed E-state index contributed by atoms with van der Waals surface area (Å²) >= 11 is 5.78. The summed E-state index contributed by atoms with van der Waals surface area (Å²) in [5.41, 5.74) is 1.73. The maximum Gasteiger partial charge on any atom is 0.132 e. The molecule has 1 aromatic rings. The van der Waals surface area contributed by atoms with Crippen molar-refractivity contribution < 1.29 is 4.39 Å². The Morgan fingerprint density at radius 2 is 2.40 bits per heavy atom. The summed E-state index contributed by atoms with van der Waals surface area (Å²) < 4.78 is 12.7. The van der Waals surface area contributed by atoms with Gasteiger partial charge in [-0.3, -0.25) is 0 Å². The summed E-state index contributed by atoms with van der Waals surface area (Å²) in [4.78, 5) is 3.99. The SMILES string of the molecule is C=C(F)[C@@H](C)CNc1cnc(Cl)c(C)c1.